The Kier molecular flexibility index (Phi) is 6.05. The Morgan fingerprint density at radius 2 is 2.00 bits per heavy atom. The molecule has 2 amide bonds. The molecule has 4 N–H and O–H groups in total. The maximum Gasteiger partial charge on any atom is 0.407 e. The van der Waals surface area contributed by atoms with Gasteiger partial charge in [-0.05, 0) is 45.9 Å². The molecule has 0 aliphatic rings. The molecular weight excluding hydrogens is 306 g/mol. The first kappa shape index (κ1) is 18.1. The van der Waals surface area contributed by atoms with E-state index in [4.69, 9.17) is 22.1 Å². The topological polar surface area (TPSA) is 93.4 Å². The monoisotopic (exact) mass is 327 g/mol. The van der Waals surface area contributed by atoms with Crippen molar-refractivity contribution in [3.63, 3.8) is 0 Å². The number of primary amides is 1. The van der Waals surface area contributed by atoms with Gasteiger partial charge >= 0.3 is 6.09 Å². The molecule has 22 heavy (non-hydrogen) atoms. The van der Waals surface area contributed by atoms with Crippen LogP contribution in [0.4, 0.5) is 10.5 Å². The number of carbonyl (C=O) groups is 2. The molecule has 0 aliphatic heterocycles. The molecule has 7 heteroatoms. The zero-order valence-corrected chi connectivity index (χ0v) is 14.0. The van der Waals surface area contributed by atoms with E-state index in [2.05, 4.69) is 10.6 Å². The largest absolute Gasteiger partial charge is 0.444 e. The number of hydrogen-bond acceptors (Lipinski definition) is 4. The second-order valence-corrected chi connectivity index (χ2v) is 6.39. The van der Waals surface area contributed by atoms with Crippen LogP contribution in [0.25, 0.3) is 0 Å². The Bertz CT molecular complexity index is 555. The molecule has 0 aliphatic carbocycles. The summed E-state index contributed by atoms with van der Waals surface area (Å²) < 4.78 is 5.15. The Morgan fingerprint density at radius 3 is 2.55 bits per heavy atom. The molecule has 0 bridgehead atoms. The van der Waals surface area contributed by atoms with Gasteiger partial charge in [0.1, 0.15) is 5.60 Å². The van der Waals surface area contributed by atoms with Crippen molar-refractivity contribution in [2.45, 2.75) is 39.3 Å². The van der Waals surface area contributed by atoms with Crippen LogP contribution in [0.1, 0.15) is 38.1 Å². The summed E-state index contributed by atoms with van der Waals surface area (Å²) in [6.45, 7) is 7.59. The summed E-state index contributed by atoms with van der Waals surface area (Å²) >= 11 is 6.07. The van der Waals surface area contributed by atoms with Gasteiger partial charge in [0.15, 0.2) is 0 Å². The van der Waals surface area contributed by atoms with Gasteiger partial charge in [-0.1, -0.05) is 11.6 Å². The zero-order valence-electron chi connectivity index (χ0n) is 13.2. The first-order valence-corrected chi connectivity index (χ1v) is 7.29. The summed E-state index contributed by atoms with van der Waals surface area (Å²) in [7, 11) is 0. The molecule has 0 saturated heterocycles. The fourth-order valence-corrected chi connectivity index (χ4v) is 1.83. The van der Waals surface area contributed by atoms with E-state index in [0.717, 1.165) is 0 Å². The number of rotatable bonds is 5. The van der Waals surface area contributed by atoms with Crippen LogP contribution in [0.3, 0.4) is 0 Å². The third-order valence-corrected chi connectivity index (χ3v) is 2.93. The number of benzene rings is 1. The highest BCUT2D eigenvalue weighted by atomic mass is 35.5. The fourth-order valence-electron chi connectivity index (χ4n) is 1.66. The van der Waals surface area contributed by atoms with E-state index in [1.807, 2.05) is 6.92 Å². The second-order valence-electron chi connectivity index (χ2n) is 5.99. The average molecular weight is 328 g/mol. The Morgan fingerprint density at radius 1 is 1.36 bits per heavy atom. The standard InChI is InChI=1S/C15H22ClN3O3/c1-9(8-18-14(21)22-15(2,3)4)19-12-7-10(13(17)20)5-6-11(12)16/h5-7,9,19H,8H2,1-4H3,(H2,17,20)(H,18,21). The van der Waals surface area contributed by atoms with E-state index in [1.165, 1.54) is 0 Å². The van der Waals surface area contributed by atoms with Crippen LogP contribution in [0.15, 0.2) is 18.2 Å². The quantitative estimate of drug-likeness (QED) is 0.775. The van der Waals surface area contributed by atoms with Gasteiger partial charge in [-0.2, -0.15) is 0 Å². The van der Waals surface area contributed by atoms with Gasteiger partial charge < -0.3 is 21.1 Å². The van der Waals surface area contributed by atoms with Crippen LogP contribution >= 0.6 is 11.6 Å². The lowest BCUT2D eigenvalue weighted by atomic mass is 10.2. The zero-order chi connectivity index (χ0) is 16.9. The van der Waals surface area contributed by atoms with E-state index in [-0.39, 0.29) is 6.04 Å². The molecule has 0 saturated carbocycles. The summed E-state index contributed by atoms with van der Waals surface area (Å²) in [6, 6.07) is 4.61. The van der Waals surface area contributed by atoms with Gasteiger partial charge in [-0.25, -0.2) is 4.79 Å². The number of alkyl carbamates (subject to hydrolysis) is 1. The van der Waals surface area contributed by atoms with Crippen molar-refractivity contribution in [3.05, 3.63) is 28.8 Å². The molecule has 1 aromatic carbocycles. The highest BCUT2D eigenvalue weighted by molar-refractivity contribution is 6.33. The van der Waals surface area contributed by atoms with Crippen LogP contribution in [0, 0.1) is 0 Å². The molecule has 6 nitrogen and oxygen atoms in total. The van der Waals surface area contributed by atoms with Crippen LogP contribution < -0.4 is 16.4 Å². The summed E-state index contributed by atoms with van der Waals surface area (Å²) in [6.07, 6.45) is -0.488. The molecule has 0 fully saturated rings. The third-order valence-electron chi connectivity index (χ3n) is 2.60. The van der Waals surface area contributed by atoms with Crippen molar-refractivity contribution >= 4 is 29.3 Å². The summed E-state index contributed by atoms with van der Waals surface area (Å²) in [5, 5.41) is 6.24. The number of hydrogen-bond donors (Lipinski definition) is 3. The summed E-state index contributed by atoms with van der Waals surface area (Å²) in [5.41, 5.74) is 5.64. The molecule has 1 aromatic rings. The number of ether oxygens (including phenoxy) is 1. The molecule has 1 unspecified atom stereocenters. The van der Waals surface area contributed by atoms with Gasteiger partial charge in [0.05, 0.1) is 10.7 Å². The number of amides is 2. The van der Waals surface area contributed by atoms with Crippen molar-refractivity contribution in [1.29, 1.82) is 0 Å². The molecule has 1 rings (SSSR count). The highest BCUT2D eigenvalue weighted by Gasteiger charge is 2.16. The highest BCUT2D eigenvalue weighted by Crippen LogP contribution is 2.23. The van der Waals surface area contributed by atoms with E-state index < -0.39 is 17.6 Å². The van der Waals surface area contributed by atoms with E-state index in [0.29, 0.717) is 22.8 Å². The molecule has 122 valence electrons. The van der Waals surface area contributed by atoms with Crippen LogP contribution in [0.5, 0.6) is 0 Å². The Balaban J connectivity index is 2.58. The van der Waals surface area contributed by atoms with Crippen molar-refractivity contribution in [2.24, 2.45) is 5.73 Å². The molecular formula is C15H22ClN3O3. The number of nitrogens with two attached hydrogens (primary N) is 1. The number of halogens is 1. The summed E-state index contributed by atoms with van der Waals surface area (Å²) in [5.74, 6) is -0.528. The number of anilines is 1. The van der Waals surface area contributed by atoms with E-state index in [1.54, 1.807) is 39.0 Å². The maximum absolute atomic E-state index is 11.6. The van der Waals surface area contributed by atoms with Gasteiger partial charge in [-0.3, -0.25) is 4.79 Å². The smallest absolute Gasteiger partial charge is 0.407 e. The lowest BCUT2D eigenvalue weighted by Gasteiger charge is -2.21. The van der Waals surface area contributed by atoms with Crippen molar-refractivity contribution < 1.29 is 14.3 Å². The Hall–Kier alpha value is -1.95. The normalized spacial score (nSPS) is 12.4. The van der Waals surface area contributed by atoms with Crippen LogP contribution in [-0.2, 0) is 4.74 Å². The summed E-state index contributed by atoms with van der Waals surface area (Å²) in [4.78, 5) is 22.8. The SMILES string of the molecule is CC(CNC(=O)OC(C)(C)C)Nc1cc(C(N)=O)ccc1Cl. The predicted molar refractivity (Wildman–Crippen MR) is 87.3 cm³/mol. The number of carbonyl (C=O) groups excluding carboxylic acids is 2. The van der Waals surface area contributed by atoms with Gasteiger partial charge in [-0.15, -0.1) is 0 Å². The third kappa shape index (κ3) is 6.22. The number of nitrogens with one attached hydrogen (secondary N) is 2. The lowest BCUT2D eigenvalue weighted by molar-refractivity contribution is 0.0526. The second kappa shape index (κ2) is 7.35. The first-order chi connectivity index (χ1) is 10.1. The minimum absolute atomic E-state index is 0.117. The van der Waals surface area contributed by atoms with Gasteiger partial charge in [0.2, 0.25) is 5.91 Å². The minimum Gasteiger partial charge on any atom is -0.444 e. The average Bonchev–Trinajstić information content (AvgIpc) is 2.36. The maximum atomic E-state index is 11.6. The first-order valence-electron chi connectivity index (χ1n) is 6.91. The predicted octanol–water partition coefficient (Wildman–Crippen LogP) is 2.76. The lowest BCUT2D eigenvalue weighted by Crippen LogP contribution is -2.38. The van der Waals surface area contributed by atoms with Crippen LogP contribution in [-0.4, -0.2) is 30.2 Å². The Labute approximate surface area is 135 Å². The molecule has 0 spiro atoms. The van der Waals surface area contributed by atoms with Crippen molar-refractivity contribution in [2.75, 3.05) is 11.9 Å². The fraction of sp³-hybridized carbons (Fsp3) is 0.467. The molecule has 0 radical (unpaired) electrons. The van der Waals surface area contributed by atoms with Crippen molar-refractivity contribution in [1.82, 2.24) is 5.32 Å². The van der Waals surface area contributed by atoms with Crippen LogP contribution in [0.2, 0.25) is 5.02 Å². The van der Waals surface area contributed by atoms with E-state index >= 15 is 0 Å². The molecule has 0 heterocycles. The van der Waals surface area contributed by atoms with Gasteiger partial charge in [0.25, 0.3) is 0 Å². The van der Waals surface area contributed by atoms with E-state index in [9.17, 15) is 9.59 Å². The molecule has 1 atom stereocenters. The van der Waals surface area contributed by atoms with Crippen molar-refractivity contribution in [3.8, 4) is 0 Å². The van der Waals surface area contributed by atoms with Gasteiger partial charge in [0, 0.05) is 18.2 Å². The minimum atomic E-state index is -0.542. The molecule has 0 aromatic heterocycles.